The van der Waals surface area contributed by atoms with Crippen molar-refractivity contribution in [3.63, 3.8) is 0 Å². The topological polar surface area (TPSA) is 61.8 Å². The number of oxime groups is 1. The molecule has 0 saturated heterocycles. The van der Waals surface area contributed by atoms with E-state index in [4.69, 9.17) is 10.9 Å². The monoisotopic (exact) mass is 263 g/mol. The van der Waals surface area contributed by atoms with Crippen LogP contribution in [0.4, 0.5) is 5.69 Å². The van der Waals surface area contributed by atoms with Gasteiger partial charge in [0.05, 0.1) is 0 Å². The first-order valence-electron chi connectivity index (χ1n) is 6.98. The summed E-state index contributed by atoms with van der Waals surface area (Å²) >= 11 is 0. The number of hydrogen-bond donors (Lipinski definition) is 2. The minimum absolute atomic E-state index is 0.147. The molecule has 0 aromatic heterocycles. The standard InChI is InChI=1S/C15H25N3O/c1-3-4-5-6-7-12-18(2)14-10-8-13(9-11-14)15(16)17-19/h8-11,19H,3-7,12H2,1-2H3,(H2,16,17). The van der Waals surface area contributed by atoms with Crippen molar-refractivity contribution in [2.24, 2.45) is 10.9 Å². The Balaban J connectivity index is 2.42. The maximum Gasteiger partial charge on any atom is 0.170 e. The molecule has 19 heavy (non-hydrogen) atoms. The molecule has 0 radical (unpaired) electrons. The highest BCUT2D eigenvalue weighted by Gasteiger charge is 2.03. The number of unbranched alkanes of at least 4 members (excludes halogenated alkanes) is 4. The molecule has 0 bridgehead atoms. The number of amidine groups is 1. The quantitative estimate of drug-likeness (QED) is 0.249. The van der Waals surface area contributed by atoms with Gasteiger partial charge in [-0.25, -0.2) is 0 Å². The van der Waals surface area contributed by atoms with Crippen LogP contribution in [0.15, 0.2) is 29.4 Å². The average molecular weight is 263 g/mol. The highest BCUT2D eigenvalue weighted by Crippen LogP contribution is 2.15. The lowest BCUT2D eigenvalue weighted by Crippen LogP contribution is -2.19. The van der Waals surface area contributed by atoms with E-state index in [2.05, 4.69) is 24.0 Å². The van der Waals surface area contributed by atoms with Crippen LogP contribution in [0.1, 0.15) is 44.6 Å². The third-order valence-electron chi connectivity index (χ3n) is 3.31. The van der Waals surface area contributed by atoms with Gasteiger partial charge in [-0.1, -0.05) is 37.8 Å². The highest BCUT2D eigenvalue weighted by atomic mass is 16.4. The van der Waals surface area contributed by atoms with Crippen LogP contribution in [0.5, 0.6) is 0 Å². The molecule has 0 saturated carbocycles. The zero-order valence-corrected chi connectivity index (χ0v) is 12.0. The summed E-state index contributed by atoms with van der Waals surface area (Å²) in [5.74, 6) is 0.147. The first-order valence-corrected chi connectivity index (χ1v) is 6.98. The fourth-order valence-corrected chi connectivity index (χ4v) is 2.03. The van der Waals surface area contributed by atoms with E-state index in [-0.39, 0.29) is 5.84 Å². The van der Waals surface area contributed by atoms with Crippen molar-refractivity contribution < 1.29 is 5.21 Å². The van der Waals surface area contributed by atoms with Crippen LogP contribution in [0, 0.1) is 0 Å². The number of benzene rings is 1. The zero-order chi connectivity index (χ0) is 14.1. The van der Waals surface area contributed by atoms with E-state index in [0.29, 0.717) is 0 Å². The number of nitrogens with zero attached hydrogens (tertiary/aromatic N) is 2. The Labute approximate surface area is 115 Å². The lowest BCUT2D eigenvalue weighted by molar-refractivity contribution is 0.318. The largest absolute Gasteiger partial charge is 0.409 e. The lowest BCUT2D eigenvalue weighted by atomic mass is 10.1. The van der Waals surface area contributed by atoms with E-state index in [1.54, 1.807) is 0 Å². The molecule has 1 aromatic rings. The summed E-state index contributed by atoms with van der Waals surface area (Å²) in [4.78, 5) is 2.24. The fraction of sp³-hybridized carbons (Fsp3) is 0.533. The van der Waals surface area contributed by atoms with Crippen LogP contribution >= 0.6 is 0 Å². The zero-order valence-electron chi connectivity index (χ0n) is 12.0. The Morgan fingerprint density at radius 1 is 1.16 bits per heavy atom. The molecule has 0 fully saturated rings. The van der Waals surface area contributed by atoms with Gasteiger partial charge < -0.3 is 15.8 Å². The third kappa shape index (κ3) is 5.20. The molecule has 1 aromatic carbocycles. The van der Waals surface area contributed by atoms with Gasteiger partial charge in [-0.3, -0.25) is 0 Å². The molecule has 0 spiro atoms. The molecule has 0 unspecified atom stereocenters. The second-order valence-electron chi connectivity index (χ2n) is 4.87. The summed E-state index contributed by atoms with van der Waals surface area (Å²) < 4.78 is 0. The molecule has 0 atom stereocenters. The van der Waals surface area contributed by atoms with Crippen molar-refractivity contribution in [3.8, 4) is 0 Å². The van der Waals surface area contributed by atoms with E-state index in [9.17, 15) is 0 Å². The Bertz CT molecular complexity index is 387. The van der Waals surface area contributed by atoms with Crippen LogP contribution in [-0.2, 0) is 0 Å². The normalized spacial score (nSPS) is 11.6. The van der Waals surface area contributed by atoms with Gasteiger partial charge in [0.2, 0.25) is 0 Å². The van der Waals surface area contributed by atoms with E-state index < -0.39 is 0 Å². The van der Waals surface area contributed by atoms with Gasteiger partial charge in [-0.2, -0.15) is 0 Å². The van der Waals surface area contributed by atoms with E-state index in [0.717, 1.165) is 17.8 Å². The molecule has 0 aliphatic carbocycles. The van der Waals surface area contributed by atoms with Gasteiger partial charge in [0, 0.05) is 24.8 Å². The molecule has 4 heteroatoms. The number of rotatable bonds is 8. The van der Waals surface area contributed by atoms with Gasteiger partial charge in [0.1, 0.15) is 0 Å². The summed E-state index contributed by atoms with van der Waals surface area (Å²) in [5.41, 5.74) is 7.43. The molecule has 0 aliphatic heterocycles. The molecule has 0 amide bonds. The SMILES string of the molecule is CCCCCCCN(C)c1ccc(C(N)=NO)cc1. The molecule has 3 N–H and O–H groups in total. The summed E-state index contributed by atoms with van der Waals surface area (Å²) in [6.45, 7) is 3.29. The van der Waals surface area contributed by atoms with Gasteiger partial charge in [-0.15, -0.1) is 0 Å². The predicted molar refractivity (Wildman–Crippen MR) is 81.0 cm³/mol. The van der Waals surface area contributed by atoms with E-state index in [1.807, 2.05) is 24.3 Å². The molecule has 106 valence electrons. The van der Waals surface area contributed by atoms with Crippen molar-refractivity contribution >= 4 is 11.5 Å². The van der Waals surface area contributed by atoms with Crippen LogP contribution in [0.3, 0.4) is 0 Å². The maximum absolute atomic E-state index is 8.61. The van der Waals surface area contributed by atoms with Gasteiger partial charge in [-0.05, 0) is 30.7 Å². The first-order chi connectivity index (χ1) is 9.19. The fourth-order valence-electron chi connectivity index (χ4n) is 2.03. The van der Waals surface area contributed by atoms with Crippen molar-refractivity contribution in [1.82, 2.24) is 0 Å². The third-order valence-corrected chi connectivity index (χ3v) is 3.31. The number of anilines is 1. The van der Waals surface area contributed by atoms with E-state index in [1.165, 1.54) is 32.1 Å². The van der Waals surface area contributed by atoms with Crippen molar-refractivity contribution in [2.45, 2.75) is 39.0 Å². The molecule has 4 nitrogen and oxygen atoms in total. The van der Waals surface area contributed by atoms with E-state index >= 15 is 0 Å². The summed E-state index contributed by atoms with van der Waals surface area (Å²) in [5, 5.41) is 11.6. The Morgan fingerprint density at radius 2 is 1.79 bits per heavy atom. The van der Waals surface area contributed by atoms with Crippen molar-refractivity contribution in [2.75, 3.05) is 18.5 Å². The highest BCUT2D eigenvalue weighted by molar-refractivity contribution is 5.97. The Morgan fingerprint density at radius 3 is 2.37 bits per heavy atom. The van der Waals surface area contributed by atoms with Crippen molar-refractivity contribution in [3.05, 3.63) is 29.8 Å². The molecule has 0 aliphatic rings. The molecule has 0 heterocycles. The maximum atomic E-state index is 8.61. The summed E-state index contributed by atoms with van der Waals surface area (Å²) in [6, 6.07) is 7.74. The minimum atomic E-state index is 0.147. The first kappa shape index (κ1) is 15.3. The van der Waals surface area contributed by atoms with Crippen molar-refractivity contribution in [1.29, 1.82) is 0 Å². The smallest absolute Gasteiger partial charge is 0.170 e. The van der Waals surface area contributed by atoms with Gasteiger partial charge in [0.15, 0.2) is 5.84 Å². The van der Waals surface area contributed by atoms with Crippen LogP contribution < -0.4 is 10.6 Å². The molecular formula is C15H25N3O. The minimum Gasteiger partial charge on any atom is -0.409 e. The van der Waals surface area contributed by atoms with Crippen LogP contribution in [0.25, 0.3) is 0 Å². The van der Waals surface area contributed by atoms with Gasteiger partial charge in [0.25, 0.3) is 0 Å². The molecular weight excluding hydrogens is 238 g/mol. The summed E-state index contributed by atoms with van der Waals surface area (Å²) in [7, 11) is 2.10. The Hall–Kier alpha value is -1.71. The number of hydrogen-bond acceptors (Lipinski definition) is 3. The lowest BCUT2D eigenvalue weighted by Gasteiger charge is -2.19. The Kier molecular flexibility index (Phi) is 6.79. The van der Waals surface area contributed by atoms with Gasteiger partial charge >= 0.3 is 0 Å². The summed E-state index contributed by atoms with van der Waals surface area (Å²) in [6.07, 6.45) is 6.45. The second kappa shape index (κ2) is 8.40. The number of nitrogens with two attached hydrogens (primary N) is 1. The van der Waals surface area contributed by atoms with Crippen LogP contribution in [0.2, 0.25) is 0 Å². The second-order valence-corrected chi connectivity index (χ2v) is 4.87. The molecule has 1 rings (SSSR count). The van der Waals surface area contributed by atoms with Crippen LogP contribution in [-0.4, -0.2) is 24.6 Å². The average Bonchev–Trinajstić information content (AvgIpc) is 2.46. The predicted octanol–water partition coefficient (Wildman–Crippen LogP) is 3.19.